The average Bonchev–Trinajstić information content (AvgIpc) is 3.56. The van der Waals surface area contributed by atoms with Gasteiger partial charge in [-0.25, -0.2) is 0 Å². The number of nitrogens with one attached hydrogen (secondary N) is 2. The lowest BCUT2D eigenvalue weighted by molar-refractivity contribution is 0.440. The lowest BCUT2D eigenvalue weighted by Gasteiger charge is -2.26. The number of rotatable bonds is 2. The number of furan rings is 1. The first kappa shape index (κ1) is 30.2. The van der Waals surface area contributed by atoms with E-state index in [4.69, 9.17) is 18.6 Å². The summed E-state index contributed by atoms with van der Waals surface area (Å²) in [4.78, 5) is 0. The molecule has 252 valence electrons. The molecule has 0 amide bonds. The monoisotopic (exact) mass is 678 g/mol. The zero-order chi connectivity index (χ0) is 34.6. The Morgan fingerprint density at radius 3 is 2.25 bits per heavy atom. The zero-order valence-electron chi connectivity index (χ0n) is 28.4. The molecular formula is C46H34N2O4. The van der Waals surface area contributed by atoms with Gasteiger partial charge in [0.2, 0.25) is 0 Å². The molecule has 52 heavy (non-hydrogen) atoms. The van der Waals surface area contributed by atoms with Crippen LogP contribution in [0.3, 0.4) is 0 Å². The summed E-state index contributed by atoms with van der Waals surface area (Å²) in [5.74, 6) is 4.79. The molecule has 5 aromatic carbocycles. The van der Waals surface area contributed by atoms with Crippen molar-refractivity contribution in [2.45, 2.75) is 19.4 Å². The van der Waals surface area contributed by atoms with Gasteiger partial charge in [-0.05, 0) is 83.2 Å². The number of hydrogen-bond acceptors (Lipinski definition) is 6. The second kappa shape index (κ2) is 12.3. The Kier molecular flexibility index (Phi) is 7.13. The van der Waals surface area contributed by atoms with Gasteiger partial charge in [-0.2, -0.15) is 0 Å². The van der Waals surface area contributed by atoms with Crippen molar-refractivity contribution in [2.24, 2.45) is 0 Å². The van der Waals surface area contributed by atoms with Crippen LogP contribution in [0.4, 0.5) is 0 Å². The average molecular weight is 679 g/mol. The smallest absolute Gasteiger partial charge is 0.135 e. The standard InChI is InChI=1S/C46H34N2O4/c1-28-26-48-22-23-49-41-14-6-10-31(45(28)41)29-16-18-35-36-19-17-30(32-11-7-15-42-46(32)37-27-47-21-20-40(37)50-42)25-44(36)52-39-13-5-3-9-34(39)33-8-2-4-12-38(33)51-43(35)24-29/h2-16,18,20-25,47-48H,1,17,19,26-27H2/b23-22-. The van der Waals surface area contributed by atoms with Crippen molar-refractivity contribution in [3.8, 4) is 45.3 Å². The van der Waals surface area contributed by atoms with Crippen molar-refractivity contribution in [3.05, 3.63) is 168 Å². The first-order valence-electron chi connectivity index (χ1n) is 17.6. The van der Waals surface area contributed by atoms with Crippen LogP contribution in [-0.4, -0.2) is 6.54 Å². The van der Waals surface area contributed by atoms with E-state index in [2.05, 4.69) is 77.9 Å². The second-order valence-corrected chi connectivity index (χ2v) is 13.3. The van der Waals surface area contributed by atoms with Crippen molar-refractivity contribution in [2.75, 3.05) is 6.54 Å². The SMILES string of the molecule is C=C1CN/C=C\Oc2cccc(-c3ccc4c(c3)Oc3ccccc3-c3ccccc3OC3=C4CCC(c4cccc5oc6c(c45)CNC=C6)=C3)c21. The fraction of sp³-hybridized carbons (Fsp3) is 0.0870. The molecule has 1 aromatic heterocycles. The molecule has 0 atom stereocenters. The van der Waals surface area contributed by atoms with Gasteiger partial charge in [-0.1, -0.05) is 79.4 Å². The summed E-state index contributed by atoms with van der Waals surface area (Å²) in [7, 11) is 0. The van der Waals surface area contributed by atoms with Crippen LogP contribution in [-0.2, 0) is 6.54 Å². The predicted octanol–water partition coefficient (Wildman–Crippen LogP) is 11.1. The highest BCUT2D eigenvalue weighted by atomic mass is 16.5. The van der Waals surface area contributed by atoms with Crippen LogP contribution >= 0.6 is 0 Å². The van der Waals surface area contributed by atoms with E-state index < -0.39 is 0 Å². The molecule has 4 heterocycles. The Morgan fingerprint density at radius 2 is 1.37 bits per heavy atom. The molecule has 6 aromatic rings. The minimum atomic E-state index is 0.614. The van der Waals surface area contributed by atoms with E-state index in [9.17, 15) is 0 Å². The summed E-state index contributed by atoms with van der Waals surface area (Å²) in [5.41, 5.74) is 12.4. The van der Waals surface area contributed by atoms with E-state index in [-0.39, 0.29) is 0 Å². The topological polar surface area (TPSA) is 64.9 Å². The van der Waals surface area contributed by atoms with Crippen LogP contribution in [0.25, 0.3) is 56.0 Å². The lowest BCUT2D eigenvalue weighted by atomic mass is 9.85. The highest BCUT2D eigenvalue weighted by Gasteiger charge is 2.27. The highest BCUT2D eigenvalue weighted by Crippen LogP contribution is 2.48. The number of hydrogen-bond donors (Lipinski definition) is 2. The van der Waals surface area contributed by atoms with Gasteiger partial charge in [-0.3, -0.25) is 0 Å². The number of benzene rings is 5. The molecule has 2 N–H and O–H groups in total. The molecule has 4 aliphatic rings. The van der Waals surface area contributed by atoms with Crippen molar-refractivity contribution in [1.29, 1.82) is 0 Å². The number of para-hydroxylation sites is 2. The van der Waals surface area contributed by atoms with Crippen LogP contribution in [0.1, 0.15) is 40.9 Å². The number of fused-ring (bicyclic) bond motifs is 9. The van der Waals surface area contributed by atoms with Crippen LogP contribution in [0.15, 0.2) is 145 Å². The summed E-state index contributed by atoms with van der Waals surface area (Å²) in [5, 5.41) is 7.78. The van der Waals surface area contributed by atoms with Gasteiger partial charge in [0.1, 0.15) is 46.4 Å². The zero-order valence-corrected chi connectivity index (χ0v) is 28.4. The fourth-order valence-electron chi connectivity index (χ4n) is 7.85. The van der Waals surface area contributed by atoms with Gasteiger partial charge < -0.3 is 29.3 Å². The molecular weight excluding hydrogens is 645 g/mol. The first-order chi connectivity index (χ1) is 25.7. The molecule has 6 nitrogen and oxygen atoms in total. The maximum absolute atomic E-state index is 7.04. The van der Waals surface area contributed by atoms with Gasteiger partial charge in [0, 0.05) is 64.3 Å². The molecule has 0 spiro atoms. The lowest BCUT2D eigenvalue weighted by Crippen LogP contribution is -2.12. The third-order valence-corrected chi connectivity index (χ3v) is 10.3. The fourth-order valence-corrected chi connectivity index (χ4v) is 7.85. The third-order valence-electron chi connectivity index (χ3n) is 10.3. The summed E-state index contributed by atoms with van der Waals surface area (Å²) < 4.78 is 26.3. The van der Waals surface area contributed by atoms with E-state index in [0.29, 0.717) is 6.54 Å². The Bertz CT molecular complexity index is 2580. The molecule has 3 aliphatic heterocycles. The first-order valence-corrected chi connectivity index (χ1v) is 17.6. The normalized spacial score (nSPS) is 16.3. The van der Waals surface area contributed by atoms with Crippen molar-refractivity contribution in [1.82, 2.24) is 10.6 Å². The van der Waals surface area contributed by atoms with Gasteiger partial charge in [0.25, 0.3) is 0 Å². The van der Waals surface area contributed by atoms with Crippen molar-refractivity contribution in [3.63, 3.8) is 0 Å². The van der Waals surface area contributed by atoms with Crippen molar-refractivity contribution >= 4 is 33.8 Å². The van der Waals surface area contributed by atoms with E-state index in [1.54, 1.807) is 12.5 Å². The van der Waals surface area contributed by atoms with Crippen LogP contribution < -0.4 is 24.8 Å². The van der Waals surface area contributed by atoms with Crippen LogP contribution in [0.5, 0.6) is 23.0 Å². The van der Waals surface area contributed by atoms with E-state index in [1.807, 2.05) is 60.8 Å². The molecule has 0 saturated carbocycles. The molecule has 0 fully saturated rings. The minimum absolute atomic E-state index is 0.614. The minimum Gasteiger partial charge on any atom is -0.463 e. The van der Waals surface area contributed by atoms with Crippen LogP contribution in [0, 0.1) is 0 Å². The molecule has 0 saturated heterocycles. The Morgan fingerprint density at radius 1 is 0.615 bits per heavy atom. The van der Waals surface area contributed by atoms with Crippen LogP contribution in [0.2, 0.25) is 0 Å². The Labute approximate surface area is 301 Å². The van der Waals surface area contributed by atoms with Crippen molar-refractivity contribution < 1.29 is 18.6 Å². The summed E-state index contributed by atoms with van der Waals surface area (Å²) >= 11 is 0. The Balaban J connectivity index is 1.18. The summed E-state index contributed by atoms with van der Waals surface area (Å²) in [6.45, 7) is 5.75. The predicted molar refractivity (Wildman–Crippen MR) is 207 cm³/mol. The second-order valence-electron chi connectivity index (χ2n) is 13.3. The van der Waals surface area contributed by atoms with Gasteiger partial charge in [-0.15, -0.1) is 0 Å². The Hall–Kier alpha value is -6.66. The molecule has 0 radical (unpaired) electrons. The third kappa shape index (κ3) is 5.03. The maximum Gasteiger partial charge on any atom is 0.135 e. The molecule has 6 heteroatoms. The number of allylic oxidation sites excluding steroid dienone is 3. The molecule has 1 aliphatic carbocycles. The molecule has 0 unspecified atom stereocenters. The van der Waals surface area contributed by atoms with E-state index in [0.717, 1.165) is 109 Å². The largest absolute Gasteiger partial charge is 0.463 e. The highest BCUT2D eigenvalue weighted by molar-refractivity contribution is 5.98. The van der Waals surface area contributed by atoms with Gasteiger partial charge in [0.15, 0.2) is 0 Å². The van der Waals surface area contributed by atoms with Gasteiger partial charge in [0.05, 0.1) is 0 Å². The summed E-state index contributed by atoms with van der Waals surface area (Å²) in [6.07, 6.45) is 11.2. The quantitative estimate of drug-likeness (QED) is 0.190. The van der Waals surface area contributed by atoms with E-state index >= 15 is 0 Å². The summed E-state index contributed by atoms with van der Waals surface area (Å²) in [6, 6.07) is 35.3. The van der Waals surface area contributed by atoms with Gasteiger partial charge >= 0.3 is 0 Å². The maximum atomic E-state index is 7.04. The molecule has 10 rings (SSSR count). The molecule has 0 bridgehead atoms. The number of ether oxygens (including phenoxy) is 3. The van der Waals surface area contributed by atoms with E-state index in [1.165, 1.54) is 16.7 Å².